The molecule has 0 saturated heterocycles. The van der Waals surface area contributed by atoms with E-state index in [0.29, 0.717) is 12.5 Å². The van der Waals surface area contributed by atoms with E-state index in [1.807, 2.05) is 25.1 Å². The standard InChI is InChI=1S/C22H30N2O3S/c1-15-10-19(25)12-18(8-9-28-3)24(15)13-20(23)17-6-7-21(26-2)22(11-17)27-14-16-4-5-16/h6-7,10-12,16,20H,4-5,8-9,13-14,23H2,1-3H3. The van der Waals surface area contributed by atoms with Gasteiger partial charge < -0.3 is 19.8 Å². The average Bonchev–Trinajstić information content (AvgIpc) is 3.51. The number of nitrogens with two attached hydrogens (primary N) is 1. The zero-order chi connectivity index (χ0) is 20.1. The first-order valence-corrected chi connectivity index (χ1v) is 11.2. The molecular formula is C22H30N2O3S. The lowest BCUT2D eigenvalue weighted by Crippen LogP contribution is -2.23. The molecule has 2 aromatic rings. The molecule has 1 atom stereocenters. The minimum Gasteiger partial charge on any atom is -0.493 e. The summed E-state index contributed by atoms with van der Waals surface area (Å²) < 4.78 is 13.6. The lowest BCUT2D eigenvalue weighted by atomic mass is 10.1. The fraction of sp³-hybridized carbons (Fsp3) is 0.500. The van der Waals surface area contributed by atoms with E-state index in [0.717, 1.165) is 47.2 Å². The number of hydrogen-bond donors (Lipinski definition) is 1. The number of ether oxygens (including phenoxy) is 2. The molecule has 1 unspecified atom stereocenters. The summed E-state index contributed by atoms with van der Waals surface area (Å²) in [6.45, 7) is 3.31. The van der Waals surface area contributed by atoms with Gasteiger partial charge in [-0.1, -0.05) is 6.07 Å². The van der Waals surface area contributed by atoms with Gasteiger partial charge in [-0.3, -0.25) is 4.79 Å². The predicted octanol–water partition coefficient (Wildman–Crippen LogP) is 3.56. The molecule has 5 nitrogen and oxygen atoms in total. The molecule has 0 radical (unpaired) electrons. The lowest BCUT2D eigenvalue weighted by Gasteiger charge is -2.22. The van der Waals surface area contributed by atoms with Crippen molar-refractivity contribution in [2.75, 3.05) is 25.7 Å². The van der Waals surface area contributed by atoms with Gasteiger partial charge in [-0.15, -0.1) is 0 Å². The number of thioether (sulfide) groups is 1. The van der Waals surface area contributed by atoms with E-state index in [1.54, 1.807) is 31.0 Å². The minimum atomic E-state index is -0.205. The second kappa shape index (κ2) is 9.52. The summed E-state index contributed by atoms with van der Waals surface area (Å²) in [7, 11) is 1.65. The highest BCUT2D eigenvalue weighted by Crippen LogP contribution is 2.34. The average molecular weight is 403 g/mol. The molecule has 28 heavy (non-hydrogen) atoms. The molecule has 0 spiro atoms. The Hall–Kier alpha value is -1.92. The van der Waals surface area contributed by atoms with Gasteiger partial charge in [0.2, 0.25) is 0 Å². The molecule has 1 aliphatic rings. The van der Waals surface area contributed by atoms with Gasteiger partial charge in [0.25, 0.3) is 0 Å². The molecule has 0 aliphatic heterocycles. The van der Waals surface area contributed by atoms with Gasteiger partial charge in [-0.25, -0.2) is 0 Å². The zero-order valence-corrected chi connectivity index (χ0v) is 17.8. The van der Waals surface area contributed by atoms with Crippen LogP contribution < -0.4 is 20.6 Å². The van der Waals surface area contributed by atoms with Crippen molar-refractivity contribution in [3.05, 3.63) is 57.5 Å². The van der Waals surface area contributed by atoms with Gasteiger partial charge in [0.05, 0.1) is 13.7 Å². The smallest absolute Gasteiger partial charge is 0.182 e. The summed E-state index contributed by atoms with van der Waals surface area (Å²) in [5.41, 5.74) is 9.59. The number of hydrogen-bond acceptors (Lipinski definition) is 5. The third kappa shape index (κ3) is 5.32. The van der Waals surface area contributed by atoms with Crippen LogP contribution in [0.25, 0.3) is 0 Å². The summed E-state index contributed by atoms with van der Waals surface area (Å²) in [5.74, 6) is 3.13. The van der Waals surface area contributed by atoms with Gasteiger partial charge in [0.15, 0.2) is 16.9 Å². The van der Waals surface area contributed by atoms with E-state index in [-0.39, 0.29) is 11.5 Å². The molecule has 1 aliphatic carbocycles. The Bertz CT molecular complexity index is 861. The van der Waals surface area contributed by atoms with Crippen molar-refractivity contribution in [1.29, 1.82) is 0 Å². The summed E-state index contributed by atoms with van der Waals surface area (Å²) in [4.78, 5) is 11.9. The topological polar surface area (TPSA) is 66.5 Å². The SMILES string of the molecule is COc1ccc(C(N)Cn2c(C)cc(=O)cc2CCSC)cc1OCC1CC1. The van der Waals surface area contributed by atoms with Crippen LogP contribution in [-0.4, -0.2) is 30.3 Å². The minimum absolute atomic E-state index is 0.0543. The number of nitrogens with zero attached hydrogens (tertiary/aromatic N) is 1. The van der Waals surface area contributed by atoms with Gasteiger partial charge >= 0.3 is 0 Å². The molecule has 1 fully saturated rings. The maximum absolute atomic E-state index is 11.9. The third-order valence-corrected chi connectivity index (χ3v) is 5.77. The number of rotatable bonds is 10. The van der Waals surface area contributed by atoms with Gasteiger partial charge in [-0.05, 0) is 61.8 Å². The van der Waals surface area contributed by atoms with Crippen LogP contribution in [0.4, 0.5) is 0 Å². The van der Waals surface area contributed by atoms with Crippen LogP contribution in [0.5, 0.6) is 11.5 Å². The summed E-state index contributed by atoms with van der Waals surface area (Å²) in [5, 5.41) is 0. The molecule has 1 aromatic carbocycles. The first-order chi connectivity index (χ1) is 13.5. The Morgan fingerprint density at radius 2 is 2.04 bits per heavy atom. The van der Waals surface area contributed by atoms with Crippen LogP contribution in [-0.2, 0) is 13.0 Å². The Balaban J connectivity index is 1.81. The highest BCUT2D eigenvalue weighted by Gasteiger charge is 2.23. The number of pyridine rings is 1. The highest BCUT2D eigenvalue weighted by molar-refractivity contribution is 7.98. The number of aryl methyl sites for hydroxylation is 2. The van der Waals surface area contributed by atoms with Gasteiger partial charge in [0, 0.05) is 36.1 Å². The molecular weight excluding hydrogens is 372 g/mol. The lowest BCUT2D eigenvalue weighted by molar-refractivity contribution is 0.280. The van der Waals surface area contributed by atoms with Crippen molar-refractivity contribution in [1.82, 2.24) is 4.57 Å². The predicted molar refractivity (Wildman–Crippen MR) is 116 cm³/mol. The summed E-state index contributed by atoms with van der Waals surface area (Å²) in [6, 6.07) is 9.10. The van der Waals surface area contributed by atoms with Crippen molar-refractivity contribution in [3.8, 4) is 11.5 Å². The molecule has 152 valence electrons. The van der Waals surface area contributed by atoms with Crippen LogP contribution in [0.3, 0.4) is 0 Å². The molecule has 0 bridgehead atoms. The van der Waals surface area contributed by atoms with Gasteiger partial charge in [-0.2, -0.15) is 11.8 Å². The van der Waals surface area contributed by atoms with Crippen LogP contribution in [0.15, 0.2) is 35.1 Å². The second-order valence-corrected chi connectivity index (χ2v) is 8.43. The van der Waals surface area contributed by atoms with Crippen molar-refractivity contribution in [3.63, 3.8) is 0 Å². The Kier molecular flexibility index (Phi) is 7.08. The van der Waals surface area contributed by atoms with E-state index < -0.39 is 0 Å². The van der Waals surface area contributed by atoms with Crippen LogP contribution in [0.2, 0.25) is 0 Å². The van der Waals surface area contributed by atoms with E-state index in [2.05, 4.69) is 10.8 Å². The summed E-state index contributed by atoms with van der Waals surface area (Å²) >= 11 is 1.77. The molecule has 6 heteroatoms. The first-order valence-electron chi connectivity index (χ1n) is 9.77. The molecule has 3 rings (SSSR count). The largest absolute Gasteiger partial charge is 0.493 e. The third-order valence-electron chi connectivity index (χ3n) is 5.16. The molecule has 1 heterocycles. The maximum Gasteiger partial charge on any atom is 0.182 e. The van der Waals surface area contributed by atoms with Crippen molar-refractivity contribution in [2.45, 2.75) is 38.8 Å². The molecule has 1 aromatic heterocycles. The fourth-order valence-electron chi connectivity index (χ4n) is 3.30. The number of methoxy groups -OCH3 is 1. The molecule has 2 N–H and O–H groups in total. The summed E-state index contributed by atoms with van der Waals surface area (Å²) in [6.07, 6.45) is 5.41. The molecule has 1 saturated carbocycles. The normalized spacial score (nSPS) is 14.7. The van der Waals surface area contributed by atoms with Crippen LogP contribution >= 0.6 is 11.8 Å². The first kappa shape index (κ1) is 20.8. The number of benzene rings is 1. The zero-order valence-electron chi connectivity index (χ0n) is 16.9. The van der Waals surface area contributed by atoms with E-state index in [1.165, 1.54) is 12.8 Å². The van der Waals surface area contributed by atoms with Crippen molar-refractivity contribution in [2.24, 2.45) is 11.7 Å². The van der Waals surface area contributed by atoms with Crippen LogP contribution in [0.1, 0.15) is 35.8 Å². The number of aromatic nitrogens is 1. The van der Waals surface area contributed by atoms with Crippen molar-refractivity contribution < 1.29 is 9.47 Å². The Labute approximate surface area is 171 Å². The van der Waals surface area contributed by atoms with E-state index in [4.69, 9.17) is 15.2 Å². The van der Waals surface area contributed by atoms with E-state index >= 15 is 0 Å². The van der Waals surface area contributed by atoms with E-state index in [9.17, 15) is 4.79 Å². The van der Waals surface area contributed by atoms with Crippen molar-refractivity contribution >= 4 is 11.8 Å². The van der Waals surface area contributed by atoms with Gasteiger partial charge in [0.1, 0.15) is 0 Å². The second-order valence-electron chi connectivity index (χ2n) is 7.45. The Morgan fingerprint density at radius 1 is 1.25 bits per heavy atom. The maximum atomic E-state index is 11.9. The highest BCUT2D eigenvalue weighted by atomic mass is 32.2. The van der Waals surface area contributed by atoms with Crippen LogP contribution in [0, 0.1) is 12.8 Å². The fourth-order valence-corrected chi connectivity index (χ4v) is 3.71. The monoisotopic (exact) mass is 402 g/mol. The quantitative estimate of drug-likeness (QED) is 0.658. The Morgan fingerprint density at radius 3 is 2.71 bits per heavy atom. The molecule has 0 amide bonds.